The summed E-state index contributed by atoms with van der Waals surface area (Å²) >= 11 is 0. The van der Waals surface area contributed by atoms with Gasteiger partial charge in [-0.25, -0.2) is 4.39 Å². The molecule has 0 N–H and O–H groups in total. The van der Waals surface area contributed by atoms with E-state index in [4.69, 9.17) is 4.74 Å². The first kappa shape index (κ1) is 21.8. The number of carbonyl (C=O) groups excluding carboxylic acids is 2. The summed E-state index contributed by atoms with van der Waals surface area (Å²) in [6.07, 6.45) is 0. The molecular weight excluding hydrogens is 383 g/mol. The van der Waals surface area contributed by atoms with Crippen molar-refractivity contribution in [1.29, 1.82) is 0 Å². The number of carbonyl (C=O) groups is 2. The van der Waals surface area contributed by atoms with Crippen molar-refractivity contribution in [3.05, 3.63) is 59.4 Å². The molecule has 0 radical (unpaired) electrons. The number of rotatable bonds is 5. The Bertz CT molecular complexity index is 928. The van der Waals surface area contributed by atoms with Crippen LogP contribution in [-0.2, 0) is 10.2 Å². The molecule has 1 aliphatic heterocycles. The van der Waals surface area contributed by atoms with Crippen LogP contribution in [-0.4, -0.2) is 49.4 Å². The minimum absolute atomic E-state index is 0.0191. The number of nitrogens with zero attached hydrogens (tertiary/aromatic N) is 2. The number of halogens is 1. The second-order valence-corrected chi connectivity index (χ2v) is 8.63. The number of para-hydroxylation sites is 1. The first-order chi connectivity index (χ1) is 14.2. The molecule has 160 valence electrons. The lowest BCUT2D eigenvalue weighted by Gasteiger charge is -2.36. The Labute approximate surface area is 177 Å². The fourth-order valence-corrected chi connectivity index (χ4v) is 3.62. The van der Waals surface area contributed by atoms with Crippen LogP contribution >= 0.6 is 0 Å². The van der Waals surface area contributed by atoms with Crippen LogP contribution < -0.4 is 9.64 Å². The number of anilines is 1. The maximum Gasteiger partial charge on any atom is 0.260 e. The maximum atomic E-state index is 14.4. The number of piperazine rings is 1. The summed E-state index contributed by atoms with van der Waals surface area (Å²) in [5.74, 6) is 0.0730. The summed E-state index contributed by atoms with van der Waals surface area (Å²) < 4.78 is 20.2. The van der Waals surface area contributed by atoms with Crippen LogP contribution in [0.1, 0.15) is 43.6 Å². The van der Waals surface area contributed by atoms with Crippen molar-refractivity contribution in [1.82, 2.24) is 4.90 Å². The SMILES string of the molecule is CC(=O)c1ccc(N2CCN(C(=O)COc3ccccc3C(C)(C)C)CC2)c(F)c1. The fourth-order valence-electron chi connectivity index (χ4n) is 3.62. The van der Waals surface area contributed by atoms with E-state index < -0.39 is 5.82 Å². The van der Waals surface area contributed by atoms with E-state index in [-0.39, 0.29) is 23.7 Å². The molecule has 0 unspecified atom stereocenters. The number of benzene rings is 2. The van der Waals surface area contributed by atoms with E-state index in [9.17, 15) is 14.0 Å². The summed E-state index contributed by atoms with van der Waals surface area (Å²) in [5.41, 5.74) is 1.81. The first-order valence-electron chi connectivity index (χ1n) is 10.2. The van der Waals surface area contributed by atoms with Crippen LogP contribution in [0.25, 0.3) is 0 Å². The Morgan fingerprint density at radius 3 is 2.30 bits per heavy atom. The summed E-state index contributed by atoms with van der Waals surface area (Å²) in [6.45, 7) is 9.78. The molecule has 1 fully saturated rings. The quantitative estimate of drug-likeness (QED) is 0.695. The Hall–Kier alpha value is -2.89. The van der Waals surface area contributed by atoms with Gasteiger partial charge in [0.2, 0.25) is 0 Å². The molecule has 6 heteroatoms. The highest BCUT2D eigenvalue weighted by Crippen LogP contribution is 2.31. The predicted molar refractivity (Wildman–Crippen MR) is 116 cm³/mol. The summed E-state index contributed by atoms with van der Waals surface area (Å²) in [4.78, 5) is 27.7. The van der Waals surface area contributed by atoms with Gasteiger partial charge in [-0.15, -0.1) is 0 Å². The van der Waals surface area contributed by atoms with E-state index in [1.165, 1.54) is 13.0 Å². The van der Waals surface area contributed by atoms with Crippen molar-refractivity contribution in [2.75, 3.05) is 37.7 Å². The lowest BCUT2D eigenvalue weighted by molar-refractivity contribution is -0.133. The topological polar surface area (TPSA) is 49.9 Å². The molecule has 2 aromatic rings. The highest BCUT2D eigenvalue weighted by Gasteiger charge is 2.24. The van der Waals surface area contributed by atoms with Crippen LogP contribution in [0.2, 0.25) is 0 Å². The van der Waals surface area contributed by atoms with Gasteiger partial charge in [0, 0.05) is 31.7 Å². The molecule has 3 rings (SSSR count). The molecular formula is C24H29FN2O3. The van der Waals surface area contributed by atoms with Gasteiger partial charge in [-0.2, -0.15) is 0 Å². The largest absolute Gasteiger partial charge is 0.483 e. The lowest BCUT2D eigenvalue weighted by Crippen LogP contribution is -2.50. The third kappa shape index (κ3) is 4.99. The van der Waals surface area contributed by atoms with Crippen molar-refractivity contribution in [2.45, 2.75) is 33.1 Å². The van der Waals surface area contributed by atoms with E-state index in [2.05, 4.69) is 20.8 Å². The zero-order valence-electron chi connectivity index (χ0n) is 18.1. The number of hydrogen-bond acceptors (Lipinski definition) is 4. The number of hydrogen-bond donors (Lipinski definition) is 0. The van der Waals surface area contributed by atoms with E-state index in [0.717, 1.165) is 11.3 Å². The number of ether oxygens (including phenoxy) is 1. The van der Waals surface area contributed by atoms with Gasteiger partial charge in [0.15, 0.2) is 12.4 Å². The van der Waals surface area contributed by atoms with E-state index in [1.807, 2.05) is 29.2 Å². The monoisotopic (exact) mass is 412 g/mol. The molecule has 0 bridgehead atoms. The summed E-state index contributed by atoms with van der Waals surface area (Å²) in [5, 5.41) is 0. The Balaban J connectivity index is 1.57. The highest BCUT2D eigenvalue weighted by molar-refractivity contribution is 5.94. The van der Waals surface area contributed by atoms with Gasteiger partial charge >= 0.3 is 0 Å². The van der Waals surface area contributed by atoms with Crippen molar-refractivity contribution in [3.8, 4) is 5.75 Å². The summed E-state index contributed by atoms with van der Waals surface area (Å²) in [6, 6.07) is 12.3. The van der Waals surface area contributed by atoms with Crippen molar-refractivity contribution >= 4 is 17.4 Å². The molecule has 0 aromatic heterocycles. The molecule has 1 heterocycles. The zero-order chi connectivity index (χ0) is 21.9. The molecule has 0 spiro atoms. The smallest absolute Gasteiger partial charge is 0.260 e. The van der Waals surface area contributed by atoms with Crippen LogP contribution in [0, 0.1) is 5.82 Å². The lowest BCUT2D eigenvalue weighted by atomic mass is 9.86. The second-order valence-electron chi connectivity index (χ2n) is 8.63. The first-order valence-corrected chi connectivity index (χ1v) is 10.2. The van der Waals surface area contributed by atoms with Gasteiger partial charge in [0.1, 0.15) is 11.6 Å². The van der Waals surface area contributed by atoms with E-state index in [1.54, 1.807) is 17.0 Å². The molecule has 1 amide bonds. The number of ketones is 1. The Kier molecular flexibility index (Phi) is 6.44. The summed E-state index contributed by atoms with van der Waals surface area (Å²) in [7, 11) is 0. The van der Waals surface area contributed by atoms with Gasteiger partial charge in [-0.05, 0) is 42.2 Å². The fraction of sp³-hybridized carbons (Fsp3) is 0.417. The molecule has 1 saturated heterocycles. The Morgan fingerprint density at radius 2 is 1.70 bits per heavy atom. The van der Waals surface area contributed by atoms with Gasteiger partial charge in [0.05, 0.1) is 5.69 Å². The van der Waals surface area contributed by atoms with Gasteiger partial charge in [-0.1, -0.05) is 39.0 Å². The standard InChI is InChI=1S/C24H29FN2O3/c1-17(28)18-9-10-21(20(25)15-18)26-11-13-27(14-12-26)23(29)16-30-22-8-6-5-7-19(22)24(2,3)4/h5-10,15H,11-14,16H2,1-4H3. The predicted octanol–water partition coefficient (Wildman–Crippen LogP) is 4.05. The molecule has 0 atom stereocenters. The molecule has 30 heavy (non-hydrogen) atoms. The second kappa shape index (κ2) is 8.86. The van der Waals surface area contributed by atoms with Crippen molar-refractivity contribution < 1.29 is 18.7 Å². The van der Waals surface area contributed by atoms with Crippen LogP contribution in [0.3, 0.4) is 0 Å². The van der Waals surface area contributed by atoms with Gasteiger partial charge in [-0.3, -0.25) is 9.59 Å². The number of amides is 1. The molecule has 0 aliphatic carbocycles. The number of Topliss-reactive ketones (excluding diaryl/α,β-unsaturated/α-hetero) is 1. The average Bonchev–Trinajstić information content (AvgIpc) is 2.71. The third-order valence-electron chi connectivity index (χ3n) is 5.37. The minimum Gasteiger partial charge on any atom is -0.483 e. The van der Waals surface area contributed by atoms with Crippen LogP contribution in [0.5, 0.6) is 5.75 Å². The molecule has 5 nitrogen and oxygen atoms in total. The normalized spacial score (nSPS) is 14.6. The van der Waals surface area contributed by atoms with E-state index in [0.29, 0.717) is 37.4 Å². The van der Waals surface area contributed by atoms with Crippen LogP contribution in [0.15, 0.2) is 42.5 Å². The Morgan fingerprint density at radius 1 is 1.03 bits per heavy atom. The maximum absolute atomic E-state index is 14.4. The molecule has 2 aromatic carbocycles. The zero-order valence-corrected chi connectivity index (χ0v) is 18.1. The molecule has 0 saturated carbocycles. The third-order valence-corrected chi connectivity index (χ3v) is 5.37. The van der Waals surface area contributed by atoms with Crippen molar-refractivity contribution in [2.24, 2.45) is 0 Å². The highest BCUT2D eigenvalue weighted by atomic mass is 19.1. The molecule has 1 aliphatic rings. The van der Waals surface area contributed by atoms with Gasteiger partial charge in [0.25, 0.3) is 5.91 Å². The van der Waals surface area contributed by atoms with Crippen LogP contribution in [0.4, 0.5) is 10.1 Å². The minimum atomic E-state index is -0.412. The van der Waals surface area contributed by atoms with E-state index >= 15 is 0 Å². The van der Waals surface area contributed by atoms with Crippen molar-refractivity contribution in [3.63, 3.8) is 0 Å². The average molecular weight is 413 g/mol. The van der Waals surface area contributed by atoms with Gasteiger partial charge < -0.3 is 14.5 Å².